The minimum Gasteiger partial charge on any atom is -0.335 e. The molecule has 0 N–H and O–H groups in total. The predicted octanol–water partition coefficient (Wildman–Crippen LogP) is 4.98. The van der Waals surface area contributed by atoms with Crippen molar-refractivity contribution >= 4 is 39.0 Å². The number of thiophene rings is 1. The van der Waals surface area contributed by atoms with Gasteiger partial charge in [-0.05, 0) is 49.6 Å². The summed E-state index contributed by atoms with van der Waals surface area (Å²) in [5.41, 5.74) is 3.37. The number of rotatable bonds is 5. The van der Waals surface area contributed by atoms with Crippen LogP contribution in [0.15, 0.2) is 24.3 Å². The molecule has 4 rings (SSSR count). The van der Waals surface area contributed by atoms with Gasteiger partial charge in [0.25, 0.3) is 5.91 Å². The van der Waals surface area contributed by atoms with Gasteiger partial charge in [-0.1, -0.05) is 32.9 Å². The van der Waals surface area contributed by atoms with Crippen LogP contribution < -0.4 is 4.90 Å². The average Bonchev–Trinajstić information content (AvgIpc) is 3.13. The number of piperazine rings is 1. The number of nitrogens with zero attached hydrogens (tertiary/aromatic N) is 5. The zero-order valence-electron chi connectivity index (χ0n) is 20.0. The minimum absolute atomic E-state index is 0.119. The van der Waals surface area contributed by atoms with Crippen LogP contribution in [0, 0.1) is 13.8 Å². The summed E-state index contributed by atoms with van der Waals surface area (Å²) in [5.74, 6) is 2.19. The highest BCUT2D eigenvalue weighted by atomic mass is 32.1. The van der Waals surface area contributed by atoms with Crippen LogP contribution in [0.2, 0.25) is 0 Å². The van der Waals surface area contributed by atoms with Crippen LogP contribution in [0.4, 0.5) is 11.5 Å². The van der Waals surface area contributed by atoms with Gasteiger partial charge in [0.1, 0.15) is 16.5 Å². The van der Waals surface area contributed by atoms with Crippen molar-refractivity contribution in [1.29, 1.82) is 0 Å². The number of fused-ring (bicyclic) bond motifs is 1. The van der Waals surface area contributed by atoms with Crippen molar-refractivity contribution in [3.63, 3.8) is 0 Å². The maximum absolute atomic E-state index is 13.4. The van der Waals surface area contributed by atoms with E-state index < -0.39 is 0 Å². The van der Waals surface area contributed by atoms with E-state index in [2.05, 4.69) is 59.8 Å². The van der Waals surface area contributed by atoms with Crippen molar-refractivity contribution in [3.05, 3.63) is 46.1 Å². The van der Waals surface area contributed by atoms with Gasteiger partial charge in [0.05, 0.1) is 10.3 Å². The molecule has 170 valence electrons. The number of aromatic nitrogens is 2. The molecule has 3 aromatic rings. The lowest BCUT2D eigenvalue weighted by Crippen LogP contribution is -2.48. The van der Waals surface area contributed by atoms with Crippen molar-refractivity contribution in [3.8, 4) is 0 Å². The molecule has 0 bridgehead atoms. The van der Waals surface area contributed by atoms with E-state index in [0.29, 0.717) is 5.92 Å². The second-order valence-corrected chi connectivity index (χ2v) is 9.86. The van der Waals surface area contributed by atoms with Crippen LogP contribution >= 0.6 is 11.3 Å². The maximum Gasteiger partial charge on any atom is 0.264 e. The lowest BCUT2D eigenvalue weighted by atomic mass is 10.0. The van der Waals surface area contributed by atoms with Crippen molar-refractivity contribution in [2.75, 3.05) is 44.7 Å². The summed E-state index contributed by atoms with van der Waals surface area (Å²) in [5, 5.41) is 0.978. The van der Waals surface area contributed by atoms with Gasteiger partial charge < -0.3 is 14.7 Å². The van der Waals surface area contributed by atoms with Crippen LogP contribution in [0.25, 0.3) is 10.2 Å². The Labute approximate surface area is 194 Å². The fourth-order valence-corrected chi connectivity index (χ4v) is 5.47. The summed E-state index contributed by atoms with van der Waals surface area (Å²) in [6.07, 6.45) is 0. The van der Waals surface area contributed by atoms with Gasteiger partial charge in [0.15, 0.2) is 0 Å². The fourth-order valence-electron chi connectivity index (χ4n) is 4.28. The molecule has 1 aliphatic heterocycles. The molecule has 1 aliphatic rings. The van der Waals surface area contributed by atoms with Gasteiger partial charge in [-0.2, -0.15) is 0 Å². The van der Waals surface area contributed by atoms with Gasteiger partial charge in [-0.3, -0.25) is 4.79 Å². The molecule has 0 atom stereocenters. The topological polar surface area (TPSA) is 52.6 Å². The molecular formula is C25H33N5OS. The van der Waals surface area contributed by atoms with Gasteiger partial charge in [0.2, 0.25) is 0 Å². The van der Waals surface area contributed by atoms with E-state index in [0.717, 1.165) is 70.7 Å². The van der Waals surface area contributed by atoms with E-state index in [1.54, 1.807) is 0 Å². The van der Waals surface area contributed by atoms with E-state index in [1.807, 2.05) is 25.8 Å². The normalized spacial score (nSPS) is 15.0. The fraction of sp³-hybridized carbons (Fsp3) is 0.480. The first-order valence-electron chi connectivity index (χ1n) is 11.4. The number of carbonyl (C=O) groups excluding carboxylic acids is 1. The summed E-state index contributed by atoms with van der Waals surface area (Å²) in [6, 6.07) is 8.62. The Hall–Kier alpha value is -2.51. The number of aryl methyl sites for hydroxylation is 2. The van der Waals surface area contributed by atoms with Crippen LogP contribution in [-0.4, -0.2) is 65.4 Å². The van der Waals surface area contributed by atoms with Crippen LogP contribution in [0.1, 0.15) is 53.3 Å². The first-order valence-corrected chi connectivity index (χ1v) is 12.2. The van der Waals surface area contributed by atoms with Crippen molar-refractivity contribution in [1.82, 2.24) is 19.8 Å². The van der Waals surface area contributed by atoms with Crippen LogP contribution in [0.3, 0.4) is 0 Å². The summed E-state index contributed by atoms with van der Waals surface area (Å²) < 4.78 is 0. The lowest BCUT2D eigenvalue weighted by molar-refractivity contribution is 0.0647. The van der Waals surface area contributed by atoms with Crippen molar-refractivity contribution < 1.29 is 4.79 Å². The molecule has 1 fully saturated rings. The third-order valence-electron chi connectivity index (χ3n) is 6.45. The summed E-state index contributed by atoms with van der Waals surface area (Å²) in [4.78, 5) is 31.0. The summed E-state index contributed by atoms with van der Waals surface area (Å²) in [7, 11) is 2.04. The van der Waals surface area contributed by atoms with Gasteiger partial charge in [-0.15, -0.1) is 11.3 Å². The largest absolute Gasteiger partial charge is 0.335 e. The molecule has 32 heavy (non-hydrogen) atoms. The zero-order valence-corrected chi connectivity index (χ0v) is 20.8. The molecule has 0 saturated carbocycles. The molecule has 0 unspecified atom stereocenters. The maximum atomic E-state index is 13.4. The van der Waals surface area contributed by atoms with E-state index in [9.17, 15) is 4.79 Å². The van der Waals surface area contributed by atoms with E-state index in [4.69, 9.17) is 4.98 Å². The zero-order chi connectivity index (χ0) is 23.0. The Morgan fingerprint density at radius 1 is 1.09 bits per heavy atom. The monoisotopic (exact) mass is 451 g/mol. The summed E-state index contributed by atoms with van der Waals surface area (Å²) in [6.45, 7) is 15.0. The number of likely N-dealkylation sites (N-methyl/N-ethyl adjacent to an activating group) is 1. The molecule has 6 nitrogen and oxygen atoms in total. The molecule has 7 heteroatoms. The number of hydrogen-bond donors (Lipinski definition) is 0. The average molecular weight is 452 g/mol. The SMILES string of the molecule is CCN1CCN(C(=O)c2sc3nc(C)nc(N(C)c4ccc(C(C)C)cc4)c3c2C)CC1. The molecule has 3 heterocycles. The summed E-state index contributed by atoms with van der Waals surface area (Å²) >= 11 is 1.50. The lowest BCUT2D eigenvalue weighted by Gasteiger charge is -2.33. The Morgan fingerprint density at radius 2 is 1.75 bits per heavy atom. The van der Waals surface area contributed by atoms with E-state index in [1.165, 1.54) is 16.9 Å². The van der Waals surface area contributed by atoms with Gasteiger partial charge in [-0.25, -0.2) is 9.97 Å². The first-order chi connectivity index (χ1) is 15.3. The van der Waals surface area contributed by atoms with Gasteiger partial charge >= 0.3 is 0 Å². The smallest absolute Gasteiger partial charge is 0.264 e. The first kappa shape index (κ1) is 22.7. The van der Waals surface area contributed by atoms with Crippen LogP contribution in [0.5, 0.6) is 0 Å². The molecule has 0 radical (unpaired) electrons. The molecule has 1 amide bonds. The molecular weight excluding hydrogens is 418 g/mol. The molecule has 0 spiro atoms. The van der Waals surface area contributed by atoms with Gasteiger partial charge in [0, 0.05) is 38.9 Å². The van der Waals surface area contributed by atoms with Crippen LogP contribution in [-0.2, 0) is 0 Å². The Balaban J connectivity index is 1.70. The molecule has 1 aromatic carbocycles. The molecule has 0 aliphatic carbocycles. The second kappa shape index (κ2) is 9.16. The molecule has 1 saturated heterocycles. The number of benzene rings is 1. The Kier molecular flexibility index (Phi) is 6.49. The highest BCUT2D eigenvalue weighted by Crippen LogP contribution is 2.38. The molecule has 2 aromatic heterocycles. The highest BCUT2D eigenvalue weighted by molar-refractivity contribution is 7.20. The minimum atomic E-state index is 0.119. The predicted molar refractivity (Wildman–Crippen MR) is 134 cm³/mol. The highest BCUT2D eigenvalue weighted by Gasteiger charge is 2.27. The third kappa shape index (κ3) is 4.24. The number of anilines is 2. The van der Waals surface area contributed by atoms with E-state index >= 15 is 0 Å². The second-order valence-electron chi connectivity index (χ2n) is 8.86. The number of amides is 1. The van der Waals surface area contributed by atoms with E-state index in [-0.39, 0.29) is 5.91 Å². The van der Waals surface area contributed by atoms with Crippen molar-refractivity contribution in [2.45, 2.75) is 40.5 Å². The Morgan fingerprint density at radius 3 is 2.34 bits per heavy atom. The quantitative estimate of drug-likeness (QED) is 0.548. The third-order valence-corrected chi connectivity index (χ3v) is 7.62. The Bertz CT molecular complexity index is 1110. The number of hydrogen-bond acceptors (Lipinski definition) is 6. The number of carbonyl (C=O) groups is 1. The van der Waals surface area contributed by atoms with Crippen molar-refractivity contribution in [2.24, 2.45) is 0 Å². The standard InChI is InChI=1S/C25H33N5OS/c1-7-29-12-14-30(15-13-29)25(31)22-17(4)21-23(26-18(5)27-24(21)32-22)28(6)20-10-8-19(9-11-20)16(2)3/h8-11,16H,7,12-15H2,1-6H3.